The molecule has 0 aromatic carbocycles. The Morgan fingerprint density at radius 2 is 1.78 bits per heavy atom. The number of rotatable bonds is 8. The van der Waals surface area contributed by atoms with Crippen molar-refractivity contribution in [3.05, 3.63) is 17.0 Å². The summed E-state index contributed by atoms with van der Waals surface area (Å²) < 4.78 is 18.4. The van der Waals surface area contributed by atoms with Gasteiger partial charge in [-0.25, -0.2) is 14.8 Å². The number of fused-ring (bicyclic) bond motifs is 1. The second kappa shape index (κ2) is 13.7. The Balaban J connectivity index is 1.34. The van der Waals surface area contributed by atoms with Crippen LogP contribution in [0.25, 0.3) is 0 Å². The monoisotopic (exact) mass is 647 g/mol. The maximum Gasteiger partial charge on any atom is 0.410 e. The van der Waals surface area contributed by atoms with E-state index in [1.54, 1.807) is 11.0 Å². The molecule has 2 saturated heterocycles. The van der Waals surface area contributed by atoms with E-state index in [9.17, 15) is 14.8 Å². The number of oxime groups is 1. The van der Waals surface area contributed by atoms with Crippen molar-refractivity contribution in [3.63, 3.8) is 0 Å². The van der Waals surface area contributed by atoms with E-state index >= 15 is 0 Å². The van der Waals surface area contributed by atoms with E-state index in [2.05, 4.69) is 26.9 Å². The van der Waals surface area contributed by atoms with Crippen LogP contribution in [-0.4, -0.2) is 87.4 Å². The van der Waals surface area contributed by atoms with Crippen molar-refractivity contribution < 1.29 is 29.0 Å². The highest BCUT2D eigenvalue weighted by molar-refractivity contribution is 6.28. The average Bonchev–Trinajstić information content (AvgIpc) is 3.46. The predicted molar refractivity (Wildman–Crippen MR) is 171 cm³/mol. The molecule has 2 saturated carbocycles. The fourth-order valence-electron chi connectivity index (χ4n) is 8.18. The quantitative estimate of drug-likeness (QED) is 0.112. The molecule has 12 heteroatoms. The van der Waals surface area contributed by atoms with Crippen LogP contribution < -0.4 is 4.90 Å². The summed E-state index contributed by atoms with van der Waals surface area (Å²) in [6.07, 6.45) is 9.00. The largest absolute Gasteiger partial charge is 0.443 e. The average molecular weight is 648 g/mol. The number of nitrogens with zero attached hydrogens (tertiary/aromatic N) is 5. The number of piperazine rings is 1. The summed E-state index contributed by atoms with van der Waals surface area (Å²) in [6, 6.07) is 1.41. The van der Waals surface area contributed by atoms with Crippen molar-refractivity contribution >= 4 is 35.0 Å². The minimum absolute atomic E-state index is 0.00538. The number of Topliss-reactive ketones (excluding diaryl/α,β-unsaturated/α-hetero) is 1. The van der Waals surface area contributed by atoms with Crippen LogP contribution in [0.3, 0.4) is 0 Å². The van der Waals surface area contributed by atoms with E-state index in [-0.39, 0.29) is 35.0 Å². The molecule has 1 amide bonds. The zero-order chi connectivity index (χ0) is 32.4. The van der Waals surface area contributed by atoms with Crippen LogP contribution >= 0.6 is 11.6 Å². The summed E-state index contributed by atoms with van der Waals surface area (Å²) in [4.78, 5) is 40.5. The van der Waals surface area contributed by atoms with Gasteiger partial charge in [-0.15, -0.1) is 0 Å². The molecule has 1 aromatic heterocycles. The van der Waals surface area contributed by atoms with E-state index in [0.717, 1.165) is 44.9 Å². The first-order valence-electron chi connectivity index (χ1n) is 16.8. The standard InChI is InChI=1S/C33H50ClN5O6/c1-6-7-8-13-31(4,5)45-30(41)39-22(2)20-38(21-23(39)3)26-19-25(35-29(34)36-26)27(37-42)24-12-11-15-32(28(24)40)14-9-10-16-33(32)43-17-18-44-33/h19,22-24,42H,6-18,20-21H2,1-5H3/b37-27-/t22-,23-,24?,32-/m0/s1. The van der Waals surface area contributed by atoms with E-state index < -0.39 is 22.7 Å². The first kappa shape index (κ1) is 33.9. The second-order valence-electron chi connectivity index (χ2n) is 14.0. The van der Waals surface area contributed by atoms with Gasteiger partial charge in [-0.3, -0.25) is 9.69 Å². The minimum Gasteiger partial charge on any atom is -0.443 e. The van der Waals surface area contributed by atoms with Gasteiger partial charge in [0.15, 0.2) is 11.6 Å². The summed E-state index contributed by atoms with van der Waals surface area (Å²) in [5.41, 5.74) is -0.810. The third kappa shape index (κ3) is 6.67. The molecule has 4 fully saturated rings. The summed E-state index contributed by atoms with van der Waals surface area (Å²) in [5, 5.41) is 14.0. The Kier molecular flexibility index (Phi) is 10.3. The summed E-state index contributed by atoms with van der Waals surface area (Å²) in [6.45, 7) is 12.0. The Labute approximate surface area is 272 Å². The van der Waals surface area contributed by atoms with Crippen LogP contribution in [0.2, 0.25) is 5.28 Å². The molecule has 45 heavy (non-hydrogen) atoms. The van der Waals surface area contributed by atoms with Gasteiger partial charge in [-0.05, 0) is 77.8 Å². The number of amides is 1. The molecule has 5 rings (SSSR count). The number of anilines is 1. The van der Waals surface area contributed by atoms with Gasteiger partial charge in [0.25, 0.3) is 0 Å². The third-order valence-corrected chi connectivity index (χ3v) is 10.5. The summed E-state index contributed by atoms with van der Waals surface area (Å²) in [7, 11) is 0. The van der Waals surface area contributed by atoms with Crippen molar-refractivity contribution in [2.75, 3.05) is 31.2 Å². The van der Waals surface area contributed by atoms with Gasteiger partial charge in [0, 0.05) is 25.6 Å². The molecule has 1 N–H and O–H groups in total. The number of carbonyl (C=O) groups is 2. The molecule has 11 nitrogen and oxygen atoms in total. The summed E-state index contributed by atoms with van der Waals surface area (Å²) >= 11 is 6.47. The van der Waals surface area contributed by atoms with Crippen LogP contribution in [0.15, 0.2) is 11.2 Å². The fourth-order valence-corrected chi connectivity index (χ4v) is 8.36. The highest BCUT2D eigenvalue weighted by atomic mass is 35.5. The van der Waals surface area contributed by atoms with Crippen LogP contribution in [0.5, 0.6) is 0 Å². The zero-order valence-corrected chi connectivity index (χ0v) is 28.3. The number of ketones is 1. The number of unbranched alkanes of at least 4 members (excludes halogenated alkanes) is 2. The number of halogens is 1. The molecule has 0 radical (unpaired) electrons. The van der Waals surface area contributed by atoms with Gasteiger partial charge in [0.2, 0.25) is 5.28 Å². The van der Waals surface area contributed by atoms with Crippen molar-refractivity contribution in [3.8, 4) is 0 Å². The van der Waals surface area contributed by atoms with E-state index in [1.807, 2.05) is 27.7 Å². The molecule has 2 aliphatic heterocycles. The fraction of sp³-hybridized carbons (Fsp3) is 0.788. The second-order valence-corrected chi connectivity index (χ2v) is 14.3. The molecular formula is C33H50ClN5O6. The van der Waals surface area contributed by atoms with E-state index in [1.165, 1.54) is 0 Å². The number of aromatic nitrogens is 2. The molecular weight excluding hydrogens is 598 g/mol. The third-order valence-electron chi connectivity index (χ3n) is 10.3. The molecule has 3 heterocycles. The van der Waals surface area contributed by atoms with Gasteiger partial charge >= 0.3 is 6.09 Å². The number of carbonyl (C=O) groups excluding carboxylic acids is 2. The van der Waals surface area contributed by atoms with Crippen molar-refractivity contribution in [1.29, 1.82) is 0 Å². The topological polar surface area (TPSA) is 127 Å². The predicted octanol–water partition coefficient (Wildman–Crippen LogP) is 6.38. The van der Waals surface area contributed by atoms with Gasteiger partial charge in [-0.2, -0.15) is 0 Å². The molecule has 1 aromatic rings. The minimum atomic E-state index is -0.909. The van der Waals surface area contributed by atoms with Crippen LogP contribution in [-0.2, 0) is 19.0 Å². The lowest BCUT2D eigenvalue weighted by molar-refractivity contribution is -0.255. The zero-order valence-electron chi connectivity index (χ0n) is 27.5. The lowest BCUT2D eigenvalue weighted by atomic mass is 9.57. The molecule has 2 aliphatic carbocycles. The van der Waals surface area contributed by atoms with E-state index in [4.69, 9.17) is 25.8 Å². The molecule has 4 aliphatic rings. The lowest BCUT2D eigenvalue weighted by Crippen LogP contribution is -2.60. The number of hydrogen-bond donors (Lipinski definition) is 1. The Morgan fingerprint density at radius 3 is 2.44 bits per heavy atom. The van der Waals surface area contributed by atoms with Gasteiger partial charge in [0.05, 0.1) is 42.3 Å². The van der Waals surface area contributed by atoms with Gasteiger partial charge in [-0.1, -0.05) is 37.8 Å². The molecule has 0 bridgehead atoms. The SMILES string of the molecule is CCCCCC(C)(C)OC(=O)N1[C@@H](C)CN(c2cc(/C(=N\O)C3CCC[C@@]4(CCCCC45OCCO5)C3=O)nc(Cl)n2)C[C@@H]1C. The summed E-state index contributed by atoms with van der Waals surface area (Å²) in [5.74, 6) is -1.04. The molecule has 2 spiro atoms. The first-order valence-corrected chi connectivity index (χ1v) is 17.2. The normalized spacial score (nSPS) is 29.1. The molecule has 250 valence electrons. The van der Waals surface area contributed by atoms with Crippen molar-refractivity contribution in [1.82, 2.24) is 14.9 Å². The lowest BCUT2D eigenvalue weighted by Gasteiger charge is -2.52. The molecule has 4 atom stereocenters. The Hall–Kier alpha value is -2.50. The number of hydrogen-bond acceptors (Lipinski definition) is 10. The highest BCUT2D eigenvalue weighted by Crippen LogP contribution is 2.56. The maximum absolute atomic E-state index is 14.4. The van der Waals surface area contributed by atoms with Crippen LogP contribution in [0.4, 0.5) is 10.6 Å². The number of ether oxygens (including phenoxy) is 3. The smallest absolute Gasteiger partial charge is 0.410 e. The van der Waals surface area contributed by atoms with Gasteiger partial charge < -0.3 is 24.3 Å². The Bertz CT molecular complexity index is 1250. The highest BCUT2D eigenvalue weighted by Gasteiger charge is 2.63. The molecule has 1 unspecified atom stereocenters. The van der Waals surface area contributed by atoms with E-state index in [0.29, 0.717) is 63.5 Å². The first-order chi connectivity index (χ1) is 21.5. The van der Waals surface area contributed by atoms with Crippen molar-refractivity contribution in [2.45, 2.75) is 129 Å². The van der Waals surface area contributed by atoms with Crippen LogP contribution in [0.1, 0.15) is 111 Å². The van der Waals surface area contributed by atoms with Crippen molar-refractivity contribution in [2.24, 2.45) is 16.5 Å². The Morgan fingerprint density at radius 1 is 1.11 bits per heavy atom. The van der Waals surface area contributed by atoms with Crippen LogP contribution in [0, 0.1) is 11.3 Å². The van der Waals surface area contributed by atoms with Gasteiger partial charge in [0.1, 0.15) is 17.1 Å². The maximum atomic E-state index is 14.4.